The maximum absolute atomic E-state index is 11.2. The molecule has 0 spiro atoms. The van der Waals surface area contributed by atoms with Gasteiger partial charge in [0.15, 0.2) is 6.80 Å². The second-order valence-electron chi connectivity index (χ2n) is 2.89. The molecule has 0 aromatic heterocycles. The van der Waals surface area contributed by atoms with Crippen LogP contribution in [0.2, 0.25) is 0 Å². The minimum Gasteiger partial charge on any atom is -0.770 e. The van der Waals surface area contributed by atoms with Crippen molar-refractivity contribution in [1.82, 2.24) is 0 Å². The summed E-state index contributed by atoms with van der Waals surface area (Å²) >= 11 is 0.135. The third kappa shape index (κ3) is 4.95. The molecule has 1 rings (SSSR count). The second kappa shape index (κ2) is 7.05. The third-order valence-electron chi connectivity index (χ3n) is 1.78. The van der Waals surface area contributed by atoms with E-state index in [9.17, 15) is 29.7 Å². The van der Waals surface area contributed by atoms with Gasteiger partial charge in [0.2, 0.25) is 0 Å². The van der Waals surface area contributed by atoms with E-state index >= 15 is 0 Å². The number of hydrogen-bond acceptors (Lipinski definition) is 8. The van der Waals surface area contributed by atoms with Crippen LogP contribution in [0.15, 0.2) is 23.1 Å². The Bertz CT molecular complexity index is 554. The normalized spacial score (nSPS) is 13.2. The fourth-order valence-electron chi connectivity index (χ4n) is 0.997. The molecule has 1 unspecified atom stereocenters. The summed E-state index contributed by atoms with van der Waals surface area (Å²) in [6.45, 7) is -4.31. The molecular weight excluding hydrogens is 294 g/mol. The average molecular weight is 300 g/mol. The van der Waals surface area contributed by atoms with Gasteiger partial charge in [0.25, 0.3) is 11.4 Å². The summed E-state index contributed by atoms with van der Waals surface area (Å²) in [5, 5.41) is 21.2. The number of non-ortho nitro benzene ring substituents is 1. The Hall–Kier alpha value is -0.883. The Morgan fingerprint density at radius 3 is 2.26 bits per heavy atom. The molecule has 9 nitrogen and oxygen atoms in total. The van der Waals surface area contributed by atoms with Gasteiger partial charge >= 0.3 is 18.9 Å². The number of hydrogen-bond donors (Lipinski definition) is 0. The molecule has 0 radical (unpaired) electrons. The third-order valence-corrected chi connectivity index (χ3v) is 4.70. The van der Waals surface area contributed by atoms with Crippen LogP contribution in [0.1, 0.15) is 0 Å². The molecule has 0 saturated heterocycles. The van der Waals surface area contributed by atoms with E-state index in [4.69, 9.17) is 0 Å². The SMILES string of the molecule is COP(=O)([O-])Sc1ccc([N+](=O)[O-])cc1[N+](=O)[O-].[Li+]. The summed E-state index contributed by atoms with van der Waals surface area (Å²) in [5.74, 6) is 0. The monoisotopic (exact) mass is 300 g/mol. The van der Waals surface area contributed by atoms with E-state index in [0.717, 1.165) is 19.2 Å². The molecule has 0 heterocycles. The summed E-state index contributed by atoms with van der Waals surface area (Å²) in [7, 11) is 0.915. The molecule has 0 amide bonds. The van der Waals surface area contributed by atoms with Crippen LogP contribution in [0.4, 0.5) is 11.4 Å². The molecule has 0 bridgehead atoms. The zero-order valence-electron chi connectivity index (χ0n) is 9.84. The standard InChI is InChI=1S/C7H7N2O7PS.Li/c1-16-17(14,15)18-7-3-2-5(8(10)11)4-6(7)9(12)13;/h2-4H,1H3,(H,14,15);/q;+1/p-1. The Balaban J connectivity index is 0.00000324. The molecule has 1 atom stereocenters. The van der Waals surface area contributed by atoms with Crippen LogP contribution in [0.5, 0.6) is 0 Å². The quantitative estimate of drug-likeness (QED) is 0.284. The minimum atomic E-state index is -4.31. The van der Waals surface area contributed by atoms with Crippen molar-refractivity contribution < 1.29 is 42.7 Å². The van der Waals surface area contributed by atoms with Crippen LogP contribution in [-0.2, 0) is 9.09 Å². The molecule has 0 aliphatic rings. The van der Waals surface area contributed by atoms with Gasteiger partial charge in [-0.3, -0.25) is 24.8 Å². The van der Waals surface area contributed by atoms with E-state index < -0.39 is 28.0 Å². The summed E-state index contributed by atoms with van der Waals surface area (Å²) in [6.07, 6.45) is 0. The molecule has 98 valence electrons. The molecular formula is C7H6LiN2O7PS. The fourth-order valence-corrected chi connectivity index (χ4v) is 3.08. The van der Waals surface area contributed by atoms with E-state index in [1.165, 1.54) is 0 Å². The topological polar surface area (TPSA) is 136 Å². The minimum absolute atomic E-state index is 0. The van der Waals surface area contributed by atoms with Gasteiger partial charge in [-0.1, -0.05) is 0 Å². The Kier molecular flexibility index (Phi) is 6.72. The molecule has 0 N–H and O–H groups in total. The number of nitro benzene ring substituents is 2. The average Bonchev–Trinajstić information content (AvgIpc) is 2.28. The zero-order chi connectivity index (χ0) is 13.9. The van der Waals surface area contributed by atoms with Crippen molar-refractivity contribution in [2.45, 2.75) is 4.90 Å². The number of nitro groups is 2. The van der Waals surface area contributed by atoms with E-state index in [2.05, 4.69) is 4.52 Å². The molecule has 0 saturated carbocycles. The van der Waals surface area contributed by atoms with Crippen molar-refractivity contribution in [3.63, 3.8) is 0 Å². The van der Waals surface area contributed by atoms with Gasteiger partial charge in [-0.15, -0.1) is 0 Å². The first kappa shape index (κ1) is 18.1. The summed E-state index contributed by atoms with van der Waals surface area (Å²) in [6, 6.07) is 2.66. The van der Waals surface area contributed by atoms with Gasteiger partial charge < -0.3 is 9.42 Å². The first-order chi connectivity index (χ1) is 8.26. The van der Waals surface area contributed by atoms with Crippen LogP contribution in [0.3, 0.4) is 0 Å². The Morgan fingerprint density at radius 2 is 1.84 bits per heavy atom. The summed E-state index contributed by atoms with van der Waals surface area (Å²) in [5.41, 5.74) is -1.16. The van der Waals surface area contributed by atoms with Gasteiger partial charge in [0.1, 0.15) is 0 Å². The predicted molar refractivity (Wildman–Crippen MR) is 60.2 cm³/mol. The van der Waals surface area contributed by atoms with Gasteiger partial charge in [0, 0.05) is 13.2 Å². The first-order valence-electron chi connectivity index (χ1n) is 4.26. The summed E-state index contributed by atoms with van der Waals surface area (Å²) < 4.78 is 15.3. The van der Waals surface area contributed by atoms with Gasteiger partial charge in [0.05, 0.1) is 20.8 Å². The van der Waals surface area contributed by atoms with Gasteiger partial charge in [-0.05, 0) is 17.4 Å². The van der Waals surface area contributed by atoms with Crippen molar-refractivity contribution >= 4 is 29.6 Å². The van der Waals surface area contributed by atoms with E-state index in [1.807, 2.05) is 0 Å². The van der Waals surface area contributed by atoms with Crippen molar-refractivity contribution in [3.05, 3.63) is 38.4 Å². The number of nitrogens with zero attached hydrogens (tertiary/aromatic N) is 2. The summed E-state index contributed by atoms with van der Waals surface area (Å²) in [4.78, 5) is 30.4. The molecule has 0 aliphatic heterocycles. The maximum Gasteiger partial charge on any atom is 1.00 e. The van der Waals surface area contributed by atoms with Gasteiger partial charge in [-0.25, -0.2) is 0 Å². The van der Waals surface area contributed by atoms with Gasteiger partial charge in [-0.2, -0.15) is 0 Å². The van der Waals surface area contributed by atoms with Crippen LogP contribution >= 0.6 is 18.2 Å². The molecule has 1 aromatic carbocycles. The van der Waals surface area contributed by atoms with E-state index in [1.54, 1.807) is 0 Å². The maximum atomic E-state index is 11.2. The van der Waals surface area contributed by atoms with Crippen LogP contribution in [0.25, 0.3) is 0 Å². The Morgan fingerprint density at radius 1 is 1.26 bits per heavy atom. The molecule has 0 aliphatic carbocycles. The van der Waals surface area contributed by atoms with E-state index in [-0.39, 0.29) is 35.1 Å². The van der Waals surface area contributed by atoms with Crippen LogP contribution in [-0.4, -0.2) is 17.0 Å². The van der Waals surface area contributed by atoms with Crippen molar-refractivity contribution in [1.29, 1.82) is 0 Å². The Labute approximate surface area is 123 Å². The molecule has 0 fully saturated rings. The van der Waals surface area contributed by atoms with Crippen LogP contribution in [0, 0.1) is 20.2 Å². The largest absolute Gasteiger partial charge is 1.00 e. The second-order valence-corrected chi connectivity index (χ2v) is 6.66. The first-order valence-corrected chi connectivity index (χ1v) is 7.22. The van der Waals surface area contributed by atoms with Crippen LogP contribution < -0.4 is 23.8 Å². The number of rotatable bonds is 5. The molecule has 1 aromatic rings. The van der Waals surface area contributed by atoms with Crippen molar-refractivity contribution in [2.24, 2.45) is 0 Å². The van der Waals surface area contributed by atoms with E-state index in [0.29, 0.717) is 6.07 Å². The predicted octanol–water partition coefficient (Wildman–Crippen LogP) is -1.29. The smallest absolute Gasteiger partial charge is 0.770 e. The van der Waals surface area contributed by atoms with Crippen molar-refractivity contribution in [2.75, 3.05) is 7.11 Å². The van der Waals surface area contributed by atoms with Crippen molar-refractivity contribution in [3.8, 4) is 0 Å². The number of benzene rings is 1. The molecule has 12 heteroatoms. The zero-order valence-corrected chi connectivity index (χ0v) is 11.6. The fraction of sp³-hybridized carbons (Fsp3) is 0.143. The molecule has 19 heavy (non-hydrogen) atoms.